The largest absolute Gasteiger partial charge is 0.388 e. The predicted octanol–water partition coefficient (Wildman–Crippen LogP) is -0.588. The summed E-state index contributed by atoms with van der Waals surface area (Å²) >= 11 is 0. The molecule has 1 saturated heterocycles. The lowest BCUT2D eigenvalue weighted by Crippen LogP contribution is -2.47. The number of nitrogens with zero attached hydrogens (tertiary/aromatic N) is 1. The van der Waals surface area contributed by atoms with Gasteiger partial charge in [-0.05, 0) is 13.8 Å². The van der Waals surface area contributed by atoms with Crippen molar-refractivity contribution >= 4 is 5.91 Å². The van der Waals surface area contributed by atoms with Crippen LogP contribution in [0.5, 0.6) is 0 Å². The summed E-state index contributed by atoms with van der Waals surface area (Å²) < 4.78 is 4.97. The molecule has 5 heteroatoms. The Morgan fingerprint density at radius 2 is 2.29 bits per heavy atom. The molecule has 0 aromatic heterocycles. The van der Waals surface area contributed by atoms with E-state index in [1.807, 2.05) is 6.07 Å². The predicted molar refractivity (Wildman–Crippen MR) is 48.2 cm³/mol. The van der Waals surface area contributed by atoms with Gasteiger partial charge in [-0.3, -0.25) is 4.79 Å². The second-order valence-corrected chi connectivity index (χ2v) is 3.92. The Morgan fingerprint density at radius 1 is 1.64 bits per heavy atom. The van der Waals surface area contributed by atoms with Gasteiger partial charge in [-0.25, -0.2) is 0 Å². The summed E-state index contributed by atoms with van der Waals surface area (Å²) in [6.45, 7) is 3.60. The first-order chi connectivity index (χ1) is 6.47. The van der Waals surface area contributed by atoms with Crippen LogP contribution in [0.3, 0.4) is 0 Å². The second-order valence-electron chi connectivity index (χ2n) is 3.92. The molecule has 0 aliphatic carbocycles. The zero-order valence-electron chi connectivity index (χ0n) is 8.28. The van der Waals surface area contributed by atoms with E-state index in [0.29, 0.717) is 6.61 Å². The fourth-order valence-corrected chi connectivity index (χ4v) is 1.08. The number of aliphatic hydroxyl groups excluding tert-OH is 1. The molecule has 78 valence electrons. The van der Waals surface area contributed by atoms with E-state index in [-0.39, 0.29) is 12.5 Å². The summed E-state index contributed by atoms with van der Waals surface area (Å²) in [6.07, 6.45) is -0.673. The van der Waals surface area contributed by atoms with Gasteiger partial charge in [0, 0.05) is 0 Å². The van der Waals surface area contributed by atoms with Crippen molar-refractivity contribution < 1.29 is 14.6 Å². The first-order valence-electron chi connectivity index (χ1n) is 4.45. The second kappa shape index (κ2) is 3.95. The number of nitrogens with one attached hydrogen (secondary N) is 1. The molecule has 0 aromatic rings. The molecule has 0 radical (unpaired) electrons. The highest BCUT2D eigenvalue weighted by Gasteiger charge is 2.33. The van der Waals surface area contributed by atoms with E-state index >= 15 is 0 Å². The van der Waals surface area contributed by atoms with Crippen LogP contribution in [0.15, 0.2) is 0 Å². The van der Waals surface area contributed by atoms with Crippen LogP contribution in [0.4, 0.5) is 0 Å². The van der Waals surface area contributed by atoms with E-state index in [1.54, 1.807) is 0 Å². The van der Waals surface area contributed by atoms with Crippen molar-refractivity contribution in [3.05, 3.63) is 0 Å². The maximum Gasteiger partial charge on any atom is 0.240 e. The van der Waals surface area contributed by atoms with Gasteiger partial charge in [0.05, 0.1) is 31.4 Å². The van der Waals surface area contributed by atoms with E-state index in [4.69, 9.17) is 10.00 Å². The van der Waals surface area contributed by atoms with Crippen LogP contribution in [0.1, 0.15) is 13.8 Å². The van der Waals surface area contributed by atoms with Crippen LogP contribution < -0.4 is 5.32 Å². The normalized spacial score (nSPS) is 27.0. The van der Waals surface area contributed by atoms with Gasteiger partial charge in [0.2, 0.25) is 5.91 Å². The van der Waals surface area contributed by atoms with Crippen molar-refractivity contribution in [1.82, 2.24) is 5.32 Å². The minimum atomic E-state index is -1.07. The van der Waals surface area contributed by atoms with E-state index in [2.05, 4.69) is 5.32 Å². The number of ether oxygens (including phenoxy) is 1. The Labute approximate surface area is 82.7 Å². The molecule has 0 bridgehead atoms. The highest BCUT2D eigenvalue weighted by molar-refractivity contribution is 5.84. The number of nitriles is 1. The summed E-state index contributed by atoms with van der Waals surface area (Å²) in [6, 6.07) is 1.50. The van der Waals surface area contributed by atoms with Gasteiger partial charge in [-0.2, -0.15) is 5.26 Å². The van der Waals surface area contributed by atoms with E-state index in [9.17, 15) is 9.90 Å². The Morgan fingerprint density at radius 3 is 2.71 bits per heavy atom. The molecule has 0 aromatic carbocycles. The number of aliphatic hydroxyl groups is 1. The minimum absolute atomic E-state index is 0.234. The minimum Gasteiger partial charge on any atom is -0.388 e. The van der Waals surface area contributed by atoms with Crippen LogP contribution in [-0.4, -0.2) is 36.4 Å². The van der Waals surface area contributed by atoms with E-state index in [1.165, 1.54) is 13.8 Å². The van der Waals surface area contributed by atoms with Crippen LogP contribution in [0.25, 0.3) is 0 Å². The number of carbonyl (C=O) groups excluding carboxylic acids is 1. The van der Waals surface area contributed by atoms with Crippen molar-refractivity contribution in [1.29, 1.82) is 5.26 Å². The van der Waals surface area contributed by atoms with Gasteiger partial charge >= 0.3 is 0 Å². The SMILES string of the molecule is CC(C)(C#N)C(=O)NC1COCC1O. The lowest BCUT2D eigenvalue weighted by molar-refractivity contribution is -0.128. The molecule has 0 spiro atoms. The summed E-state index contributed by atoms with van der Waals surface area (Å²) in [4.78, 5) is 11.5. The van der Waals surface area contributed by atoms with Crippen molar-refractivity contribution in [2.24, 2.45) is 5.41 Å². The molecule has 5 nitrogen and oxygen atoms in total. The molecule has 1 aliphatic rings. The number of rotatable bonds is 2. The standard InChI is InChI=1S/C9H14N2O3/c1-9(2,5-10)8(13)11-6-3-14-4-7(6)12/h6-7,12H,3-4H2,1-2H3,(H,11,13). The molecular formula is C9H14N2O3. The number of amides is 1. The molecule has 1 rings (SSSR count). The molecule has 1 amide bonds. The maximum atomic E-state index is 11.5. The third kappa shape index (κ3) is 2.22. The molecular weight excluding hydrogens is 184 g/mol. The van der Waals surface area contributed by atoms with Gasteiger partial charge in [0.25, 0.3) is 0 Å². The molecule has 1 aliphatic heterocycles. The molecule has 2 atom stereocenters. The fourth-order valence-electron chi connectivity index (χ4n) is 1.08. The lowest BCUT2D eigenvalue weighted by atomic mass is 9.94. The first kappa shape index (κ1) is 11.0. The lowest BCUT2D eigenvalue weighted by Gasteiger charge is -2.20. The molecule has 1 fully saturated rings. The van der Waals surface area contributed by atoms with Crippen molar-refractivity contribution in [3.8, 4) is 6.07 Å². The van der Waals surface area contributed by atoms with Crippen LogP contribution in [0, 0.1) is 16.7 Å². The fraction of sp³-hybridized carbons (Fsp3) is 0.778. The van der Waals surface area contributed by atoms with Gasteiger partial charge in [-0.15, -0.1) is 0 Å². The summed E-state index contributed by atoms with van der Waals surface area (Å²) in [5.74, 6) is -0.380. The average Bonchev–Trinajstić information content (AvgIpc) is 2.52. The van der Waals surface area contributed by atoms with Gasteiger partial charge < -0.3 is 15.2 Å². The number of hydrogen-bond acceptors (Lipinski definition) is 4. The van der Waals surface area contributed by atoms with Gasteiger partial charge in [0.1, 0.15) is 5.41 Å². The third-order valence-corrected chi connectivity index (χ3v) is 2.21. The van der Waals surface area contributed by atoms with Crippen LogP contribution in [-0.2, 0) is 9.53 Å². The zero-order valence-corrected chi connectivity index (χ0v) is 8.28. The van der Waals surface area contributed by atoms with E-state index in [0.717, 1.165) is 0 Å². The summed E-state index contributed by atoms with van der Waals surface area (Å²) in [5, 5.41) is 20.6. The topological polar surface area (TPSA) is 82.4 Å². The Kier molecular flexibility index (Phi) is 3.09. The van der Waals surface area contributed by atoms with Crippen molar-refractivity contribution in [2.45, 2.75) is 26.0 Å². The number of hydrogen-bond donors (Lipinski definition) is 2. The highest BCUT2D eigenvalue weighted by Crippen LogP contribution is 2.14. The van der Waals surface area contributed by atoms with Crippen LogP contribution in [0.2, 0.25) is 0 Å². The molecule has 2 N–H and O–H groups in total. The summed E-state index contributed by atoms with van der Waals surface area (Å²) in [5.41, 5.74) is -1.07. The molecule has 1 heterocycles. The number of carbonyl (C=O) groups is 1. The average molecular weight is 198 g/mol. The van der Waals surface area contributed by atoms with Gasteiger partial charge in [0.15, 0.2) is 0 Å². The molecule has 2 unspecified atom stereocenters. The first-order valence-corrected chi connectivity index (χ1v) is 4.45. The third-order valence-electron chi connectivity index (χ3n) is 2.21. The quantitative estimate of drug-likeness (QED) is 0.621. The maximum absolute atomic E-state index is 11.5. The Hall–Kier alpha value is -1.12. The summed E-state index contributed by atoms with van der Waals surface area (Å²) in [7, 11) is 0. The van der Waals surface area contributed by atoms with Crippen molar-refractivity contribution in [2.75, 3.05) is 13.2 Å². The van der Waals surface area contributed by atoms with E-state index < -0.39 is 17.6 Å². The monoisotopic (exact) mass is 198 g/mol. The molecule has 14 heavy (non-hydrogen) atoms. The molecule has 0 saturated carbocycles. The Balaban J connectivity index is 2.53. The smallest absolute Gasteiger partial charge is 0.240 e. The van der Waals surface area contributed by atoms with Crippen molar-refractivity contribution in [3.63, 3.8) is 0 Å². The zero-order chi connectivity index (χ0) is 10.8. The van der Waals surface area contributed by atoms with Gasteiger partial charge in [-0.1, -0.05) is 0 Å². The van der Waals surface area contributed by atoms with Crippen LogP contribution >= 0.6 is 0 Å². The highest BCUT2D eigenvalue weighted by atomic mass is 16.5. The Bertz CT molecular complexity index is 270.